The number of halogens is 5. The van der Waals surface area contributed by atoms with Crippen molar-refractivity contribution in [1.29, 1.82) is 4.78 Å². The quantitative estimate of drug-likeness (QED) is 0.487. The van der Waals surface area contributed by atoms with Gasteiger partial charge in [0.25, 0.3) is 0 Å². The van der Waals surface area contributed by atoms with Gasteiger partial charge in [0.2, 0.25) is 0 Å². The minimum absolute atomic E-state index is 0.0949. The largest absolute Gasteiger partial charge is 0.417 e. The van der Waals surface area contributed by atoms with Gasteiger partial charge in [-0.3, -0.25) is 0 Å². The molecule has 1 heterocycles. The van der Waals surface area contributed by atoms with E-state index in [2.05, 4.69) is 5.16 Å². The summed E-state index contributed by atoms with van der Waals surface area (Å²) >= 11 is 12.9. The summed E-state index contributed by atoms with van der Waals surface area (Å²) in [7, 11) is -2.61. The second-order valence-corrected chi connectivity index (χ2v) is 7.28. The molecule has 0 aliphatic heterocycles. The zero-order valence-corrected chi connectivity index (χ0v) is 16.1. The normalized spacial score (nSPS) is 11.5. The molecule has 0 spiro atoms. The van der Waals surface area contributed by atoms with E-state index in [1.54, 1.807) is 12.1 Å². The predicted molar refractivity (Wildman–Crippen MR) is 94.4 cm³/mol. The molecule has 2 rings (SSSR count). The summed E-state index contributed by atoms with van der Waals surface area (Å²) in [6.45, 7) is 1.57. The van der Waals surface area contributed by atoms with Crippen molar-refractivity contribution in [3.05, 3.63) is 55.7 Å². The van der Waals surface area contributed by atoms with Crippen molar-refractivity contribution in [2.45, 2.75) is 19.7 Å². The van der Waals surface area contributed by atoms with Crippen molar-refractivity contribution in [2.24, 2.45) is 5.16 Å². The monoisotopic (exact) mass is 446 g/mol. The Morgan fingerprint density at radius 3 is 2.38 bits per heavy atom. The van der Waals surface area contributed by atoms with Crippen LogP contribution >= 0.6 is 34.5 Å². The molecule has 0 saturated heterocycles. The molecule has 0 amide bonds. The lowest BCUT2D eigenvalue weighted by molar-refractivity contribution is -0.137. The number of benzene rings is 1. The summed E-state index contributed by atoms with van der Waals surface area (Å²) in [5.74, 6) is 0. The Kier molecular flexibility index (Phi) is 8.54. The van der Waals surface area contributed by atoms with E-state index in [0.717, 1.165) is 10.9 Å². The van der Waals surface area contributed by atoms with Gasteiger partial charge in [-0.1, -0.05) is 28.4 Å². The van der Waals surface area contributed by atoms with E-state index in [9.17, 15) is 13.2 Å². The van der Waals surface area contributed by atoms with Crippen molar-refractivity contribution >= 4 is 50.8 Å². The number of oxime groups is 1. The molecular weight excluding hydrogens is 436 g/mol. The lowest BCUT2D eigenvalue weighted by Crippen LogP contribution is -2.12. The van der Waals surface area contributed by atoms with Crippen molar-refractivity contribution in [3.8, 4) is 0 Å². The van der Waals surface area contributed by atoms with Gasteiger partial charge >= 0.3 is 16.7 Å². The van der Waals surface area contributed by atoms with Crippen LogP contribution in [0.15, 0.2) is 35.5 Å². The van der Waals surface area contributed by atoms with Gasteiger partial charge in [-0.25, -0.2) is 0 Å². The number of thiophene rings is 1. The molecule has 0 atom stereocenters. The Hall–Kier alpha value is -1.62. The van der Waals surface area contributed by atoms with Gasteiger partial charge in [-0.05, 0) is 37.3 Å². The molecule has 0 fully saturated rings. The maximum atomic E-state index is 13.0. The van der Waals surface area contributed by atoms with Crippen LogP contribution in [0.5, 0.6) is 0 Å². The SMILES string of the molecule is C/C(=N\OCc1ccc(Cl)s1)c1cc(Cl)ccc1C(F)(F)F.N=S(=O)=O. The summed E-state index contributed by atoms with van der Waals surface area (Å²) in [4.78, 5) is 5.91. The van der Waals surface area contributed by atoms with Gasteiger partial charge in [0.05, 0.1) is 15.6 Å². The summed E-state index contributed by atoms with van der Waals surface area (Å²) in [5, 5.41) is 3.93. The maximum absolute atomic E-state index is 13.0. The Balaban J connectivity index is 0.000000765. The molecule has 2 aromatic rings. The first kappa shape index (κ1) is 22.4. The standard InChI is InChI=1S/C14H10Cl2F3NOS.HNO2S/c1-8(20-21-7-10-3-5-13(16)22-10)11-6-9(15)2-4-12(11)14(17,18)19;1-4(2)3/h2-6H,7H2,1H3;1H/b20-8+;. The second kappa shape index (κ2) is 9.91. The number of hydrogen-bond acceptors (Lipinski definition) is 6. The van der Waals surface area contributed by atoms with E-state index in [0.29, 0.717) is 4.34 Å². The minimum atomic E-state index is -4.49. The van der Waals surface area contributed by atoms with Gasteiger partial charge in [0.1, 0.15) is 0 Å². The first-order valence-corrected chi connectivity index (χ1v) is 9.24. The number of nitrogens with one attached hydrogen (secondary N) is 1. The Morgan fingerprint density at radius 1 is 1.27 bits per heavy atom. The molecule has 0 aliphatic carbocycles. The van der Waals surface area contributed by atoms with E-state index in [1.807, 2.05) is 0 Å². The predicted octanol–water partition coefficient (Wildman–Crippen LogP) is 5.64. The fourth-order valence-electron chi connectivity index (χ4n) is 1.73. The van der Waals surface area contributed by atoms with Crippen molar-refractivity contribution in [3.63, 3.8) is 0 Å². The number of hydrogen-bond donors (Lipinski definition) is 1. The Bertz CT molecular complexity index is 891. The third-order valence-corrected chi connectivity index (χ3v) is 4.15. The molecule has 0 unspecified atom stereocenters. The number of alkyl halides is 3. The molecule has 26 heavy (non-hydrogen) atoms. The smallest absolute Gasteiger partial charge is 0.390 e. The summed E-state index contributed by atoms with van der Waals surface area (Å²) in [5.41, 5.74) is -0.817. The topological polar surface area (TPSA) is 79.6 Å². The van der Waals surface area contributed by atoms with E-state index < -0.39 is 22.2 Å². The fraction of sp³-hybridized carbons (Fsp3) is 0.214. The van der Waals surface area contributed by atoms with Crippen LogP contribution in [0.25, 0.3) is 0 Å². The minimum Gasteiger partial charge on any atom is -0.390 e. The van der Waals surface area contributed by atoms with E-state index in [1.165, 1.54) is 30.4 Å². The lowest BCUT2D eigenvalue weighted by atomic mass is 10.0. The molecule has 0 radical (unpaired) electrons. The van der Waals surface area contributed by atoms with Crippen LogP contribution in [0.4, 0.5) is 13.2 Å². The van der Waals surface area contributed by atoms with Gasteiger partial charge in [0.15, 0.2) is 6.61 Å². The molecule has 0 saturated carbocycles. The highest BCUT2D eigenvalue weighted by Gasteiger charge is 2.34. The highest BCUT2D eigenvalue weighted by Crippen LogP contribution is 2.33. The average molecular weight is 447 g/mol. The highest BCUT2D eigenvalue weighted by atomic mass is 35.5. The van der Waals surface area contributed by atoms with Gasteiger partial charge in [0, 0.05) is 15.5 Å². The van der Waals surface area contributed by atoms with Crippen molar-refractivity contribution in [2.75, 3.05) is 0 Å². The van der Waals surface area contributed by atoms with Crippen LogP contribution < -0.4 is 0 Å². The molecule has 1 aromatic heterocycles. The van der Waals surface area contributed by atoms with Gasteiger partial charge < -0.3 is 4.84 Å². The molecule has 1 N–H and O–H groups in total. The first-order chi connectivity index (χ1) is 12.0. The summed E-state index contributed by atoms with van der Waals surface area (Å²) < 4.78 is 62.4. The fourth-order valence-corrected chi connectivity index (χ4v) is 2.90. The zero-order chi connectivity index (χ0) is 19.9. The highest BCUT2D eigenvalue weighted by molar-refractivity contribution is 7.60. The molecule has 0 aliphatic rings. The van der Waals surface area contributed by atoms with Crippen molar-refractivity contribution < 1.29 is 26.4 Å². The van der Waals surface area contributed by atoms with E-state index >= 15 is 0 Å². The molecule has 12 heteroatoms. The van der Waals surface area contributed by atoms with E-state index in [-0.39, 0.29) is 22.9 Å². The third kappa shape index (κ3) is 7.73. The second-order valence-electron chi connectivity index (χ2n) is 4.58. The number of rotatable bonds is 4. The molecule has 142 valence electrons. The Labute approximate surface area is 162 Å². The molecular formula is C14H11Cl2F3N2O3S2. The summed E-state index contributed by atoms with van der Waals surface area (Å²) in [6.07, 6.45) is -4.49. The zero-order valence-electron chi connectivity index (χ0n) is 13.0. The van der Waals surface area contributed by atoms with Crippen LogP contribution in [-0.2, 0) is 28.1 Å². The summed E-state index contributed by atoms with van der Waals surface area (Å²) in [6, 6.07) is 6.80. The third-order valence-electron chi connectivity index (χ3n) is 2.71. The maximum Gasteiger partial charge on any atom is 0.417 e. The van der Waals surface area contributed by atoms with E-state index in [4.69, 9.17) is 41.2 Å². The Morgan fingerprint density at radius 2 is 1.88 bits per heavy atom. The van der Waals surface area contributed by atoms with Gasteiger partial charge in [-0.2, -0.15) is 26.4 Å². The molecule has 1 aromatic carbocycles. The number of nitrogens with zero attached hydrogens (tertiary/aromatic N) is 1. The van der Waals surface area contributed by atoms with Gasteiger partial charge in [-0.15, -0.1) is 11.3 Å². The van der Waals surface area contributed by atoms with Crippen LogP contribution in [0, 0.1) is 4.78 Å². The van der Waals surface area contributed by atoms with Crippen molar-refractivity contribution in [1.82, 2.24) is 0 Å². The lowest BCUT2D eigenvalue weighted by Gasteiger charge is -2.12. The van der Waals surface area contributed by atoms with Crippen LogP contribution in [0.1, 0.15) is 22.9 Å². The van der Waals surface area contributed by atoms with Crippen LogP contribution in [-0.4, -0.2) is 14.1 Å². The van der Waals surface area contributed by atoms with Crippen LogP contribution in [0.3, 0.4) is 0 Å². The van der Waals surface area contributed by atoms with Crippen LogP contribution in [0.2, 0.25) is 9.36 Å². The molecule has 5 nitrogen and oxygen atoms in total. The average Bonchev–Trinajstić information content (AvgIpc) is 2.90. The first-order valence-electron chi connectivity index (χ1n) is 6.59. The molecule has 0 bridgehead atoms.